The number of aromatic nitrogens is 2. The highest BCUT2D eigenvalue weighted by Crippen LogP contribution is 2.48. The molecule has 2 saturated carbocycles. The molecule has 4 fully saturated rings. The lowest BCUT2D eigenvalue weighted by atomic mass is 9.77. The lowest BCUT2D eigenvalue weighted by molar-refractivity contribution is -0.151. The first-order valence-corrected chi connectivity index (χ1v) is 21.0. The summed E-state index contributed by atoms with van der Waals surface area (Å²) in [6.07, 6.45) is 2.89. The predicted octanol–water partition coefficient (Wildman–Crippen LogP) is 4.54. The van der Waals surface area contributed by atoms with E-state index in [0.29, 0.717) is 46.6 Å². The molecule has 2 aromatic heterocycles. The van der Waals surface area contributed by atoms with Crippen LogP contribution >= 0.6 is 0 Å². The number of nitrogens with zero attached hydrogens (tertiary/aromatic N) is 5. The van der Waals surface area contributed by atoms with Gasteiger partial charge in [-0.05, 0) is 55.4 Å². The topological polar surface area (TPSA) is 168 Å². The van der Waals surface area contributed by atoms with Gasteiger partial charge in [0.05, 0.1) is 43.0 Å². The standard InChI is InChI=1S/C42H50F2N6O8S/c1-6-25-22-42(25,39(54)50(59(55)56)26-11-12-26)47-37(52)34-19-28(23-49(34)38(53)30(40(2,3)4)20-36(51)48-17-9-15-41(43,44)24-48)58-35-21-33(31-10-7-8-16-45-31)46-32-18-27(57-5)13-14-29(32)35/h6-8,10,13-14,16,18,21,25-26,28,30,34,59H,1,9,11-12,15,17,19-20,22-24H2,2-5H3,(H,47,52)/t25?,28-,30-,34+,42-/m1/s1. The minimum absolute atomic E-state index is 0.0369. The number of halogens is 2. The largest absolute Gasteiger partial charge is 0.497 e. The second-order valence-electron chi connectivity index (χ2n) is 17.1. The fraction of sp³-hybridized carbons (Fsp3) is 0.524. The van der Waals surface area contributed by atoms with Crippen LogP contribution < -0.4 is 14.8 Å². The normalized spacial score (nSPS) is 24.4. The zero-order valence-corrected chi connectivity index (χ0v) is 34.5. The van der Waals surface area contributed by atoms with Crippen LogP contribution in [0.3, 0.4) is 0 Å². The van der Waals surface area contributed by atoms with Crippen LogP contribution in [0.25, 0.3) is 22.3 Å². The molecule has 4 heterocycles. The van der Waals surface area contributed by atoms with E-state index in [4.69, 9.17) is 14.5 Å². The summed E-state index contributed by atoms with van der Waals surface area (Å²) in [5, 5.41) is 3.46. The van der Waals surface area contributed by atoms with Crippen molar-refractivity contribution in [3.63, 3.8) is 0 Å². The fourth-order valence-corrected chi connectivity index (χ4v) is 9.09. The number of likely N-dealkylation sites (tertiary alicyclic amines) is 2. The Hall–Kier alpha value is -5.19. The molecule has 14 nitrogen and oxygen atoms in total. The Bertz CT molecular complexity index is 2220. The van der Waals surface area contributed by atoms with Crippen molar-refractivity contribution < 1.29 is 45.9 Å². The number of thiol groups is 1. The van der Waals surface area contributed by atoms with Crippen LogP contribution in [0.4, 0.5) is 8.78 Å². The number of fused-ring (bicyclic) bond motifs is 1. The van der Waals surface area contributed by atoms with Gasteiger partial charge in [-0.1, -0.05) is 32.9 Å². The van der Waals surface area contributed by atoms with E-state index < -0.39 is 88.0 Å². The monoisotopic (exact) mass is 836 g/mol. The molecule has 1 aromatic carbocycles. The molecule has 316 valence electrons. The summed E-state index contributed by atoms with van der Waals surface area (Å²) in [6.45, 7) is 8.42. The molecule has 0 bridgehead atoms. The van der Waals surface area contributed by atoms with Crippen molar-refractivity contribution in [3.05, 3.63) is 61.3 Å². The van der Waals surface area contributed by atoms with Gasteiger partial charge in [0.2, 0.25) is 28.6 Å². The van der Waals surface area contributed by atoms with Crippen LogP contribution in [0.1, 0.15) is 65.7 Å². The van der Waals surface area contributed by atoms with Crippen molar-refractivity contribution in [1.29, 1.82) is 0 Å². The molecule has 4 amide bonds. The van der Waals surface area contributed by atoms with Gasteiger partial charge in [0.15, 0.2) is 0 Å². The fourth-order valence-electron chi connectivity index (χ4n) is 8.26. The van der Waals surface area contributed by atoms with E-state index >= 15 is 0 Å². The molecule has 1 N–H and O–H groups in total. The zero-order chi connectivity index (χ0) is 42.4. The van der Waals surface area contributed by atoms with Gasteiger partial charge in [0.1, 0.15) is 29.2 Å². The Balaban J connectivity index is 1.23. The Morgan fingerprint density at radius 1 is 1.12 bits per heavy atom. The second-order valence-corrected chi connectivity index (χ2v) is 18.0. The van der Waals surface area contributed by atoms with E-state index in [0.717, 1.165) is 9.21 Å². The molecule has 3 aromatic rings. The molecule has 17 heteroatoms. The zero-order valence-electron chi connectivity index (χ0n) is 33.6. The van der Waals surface area contributed by atoms with E-state index in [2.05, 4.69) is 16.9 Å². The van der Waals surface area contributed by atoms with Gasteiger partial charge in [-0.2, -0.15) is 0 Å². The van der Waals surface area contributed by atoms with Gasteiger partial charge in [-0.15, -0.1) is 6.58 Å². The average molecular weight is 837 g/mol. The first-order valence-electron chi connectivity index (χ1n) is 19.9. The maximum atomic E-state index is 14.9. The number of pyridine rings is 2. The molecule has 59 heavy (non-hydrogen) atoms. The Labute approximate surface area is 343 Å². The molecule has 2 aliphatic carbocycles. The maximum absolute atomic E-state index is 14.9. The summed E-state index contributed by atoms with van der Waals surface area (Å²) >= 11 is 0. The predicted molar refractivity (Wildman–Crippen MR) is 214 cm³/mol. The highest BCUT2D eigenvalue weighted by molar-refractivity contribution is 7.70. The smallest absolute Gasteiger partial charge is 0.265 e. The van der Waals surface area contributed by atoms with Crippen molar-refractivity contribution in [1.82, 2.24) is 29.4 Å². The molecule has 0 spiro atoms. The number of ether oxygens (including phenoxy) is 2. The molecular weight excluding hydrogens is 787 g/mol. The third kappa shape index (κ3) is 8.75. The minimum atomic E-state index is -3.29. The van der Waals surface area contributed by atoms with E-state index in [-0.39, 0.29) is 45.2 Å². The third-order valence-corrected chi connectivity index (χ3v) is 12.7. The summed E-state index contributed by atoms with van der Waals surface area (Å²) in [4.78, 5) is 68.7. The van der Waals surface area contributed by atoms with Gasteiger partial charge >= 0.3 is 0 Å². The Kier molecular flexibility index (Phi) is 11.5. The summed E-state index contributed by atoms with van der Waals surface area (Å²) in [7, 11) is -1.75. The maximum Gasteiger partial charge on any atom is 0.265 e. The molecule has 2 aliphatic heterocycles. The summed E-state index contributed by atoms with van der Waals surface area (Å²) in [5.41, 5.74) is -0.824. The van der Waals surface area contributed by atoms with Crippen LogP contribution in [0, 0.1) is 17.3 Å². The van der Waals surface area contributed by atoms with Crippen LogP contribution in [0.5, 0.6) is 11.5 Å². The van der Waals surface area contributed by atoms with Gasteiger partial charge in [-0.25, -0.2) is 26.5 Å². The van der Waals surface area contributed by atoms with Crippen LogP contribution in [0.2, 0.25) is 0 Å². The number of amides is 4. The van der Waals surface area contributed by atoms with E-state index in [1.54, 1.807) is 63.4 Å². The number of methoxy groups -OCH3 is 1. The molecule has 4 aliphatic rings. The highest BCUT2D eigenvalue weighted by atomic mass is 32.2. The second kappa shape index (κ2) is 16.1. The van der Waals surface area contributed by atoms with Crippen molar-refractivity contribution in [3.8, 4) is 22.9 Å². The molecule has 1 unspecified atom stereocenters. The van der Waals surface area contributed by atoms with Crippen molar-refractivity contribution in [2.24, 2.45) is 17.3 Å². The van der Waals surface area contributed by atoms with E-state index in [1.807, 2.05) is 6.07 Å². The first-order chi connectivity index (χ1) is 27.9. The van der Waals surface area contributed by atoms with Gasteiger partial charge in [0, 0.05) is 61.5 Å². The number of carbonyl (C=O) groups is 4. The number of alkyl halides is 2. The average Bonchev–Trinajstić information content (AvgIpc) is 4.12. The molecule has 5 atom stereocenters. The Morgan fingerprint density at radius 3 is 2.49 bits per heavy atom. The number of benzene rings is 1. The van der Waals surface area contributed by atoms with Gasteiger partial charge < -0.3 is 24.6 Å². The van der Waals surface area contributed by atoms with Crippen LogP contribution in [-0.4, -0.2) is 113 Å². The van der Waals surface area contributed by atoms with Crippen molar-refractivity contribution in [2.75, 3.05) is 26.7 Å². The van der Waals surface area contributed by atoms with Gasteiger partial charge in [0.25, 0.3) is 11.8 Å². The van der Waals surface area contributed by atoms with Gasteiger partial charge in [-0.3, -0.25) is 24.2 Å². The minimum Gasteiger partial charge on any atom is -0.497 e. The van der Waals surface area contributed by atoms with Crippen molar-refractivity contribution >= 4 is 45.4 Å². The highest BCUT2D eigenvalue weighted by Gasteiger charge is 2.63. The number of hydrogen-bond donors (Lipinski definition) is 2. The molecule has 7 rings (SSSR count). The number of nitrogens with one attached hydrogen (secondary N) is 1. The lowest BCUT2D eigenvalue weighted by Crippen LogP contribution is -2.57. The quantitative estimate of drug-likeness (QED) is 0.184. The van der Waals surface area contributed by atoms with Crippen molar-refractivity contribution in [2.45, 2.75) is 95.4 Å². The SMILES string of the molecule is C=CC1C[C@]1(NC(=O)[C@@H]1C[C@@H](Oc2cc(-c3ccccn3)nc3cc(OC)ccc23)CN1C(=O)[C@@H](CC(=O)N1CCCC(F)(F)C1)C(C)(C)C)C(=O)N(C1CC1)[SH](=O)=O. The number of carbonyl (C=O) groups excluding carboxylic acids is 4. The number of rotatable bonds is 13. The lowest BCUT2D eigenvalue weighted by Gasteiger charge is -2.37. The van der Waals surface area contributed by atoms with Crippen LogP contribution in [-0.2, 0) is 30.1 Å². The number of piperidine rings is 1. The molecular formula is C42H50F2N6O8S. The van der Waals surface area contributed by atoms with Crippen LogP contribution in [0.15, 0.2) is 61.3 Å². The molecule has 0 radical (unpaired) electrons. The number of hydrogen-bond acceptors (Lipinski definition) is 10. The summed E-state index contributed by atoms with van der Waals surface area (Å²) in [6, 6.07) is 10.7. The third-order valence-electron chi connectivity index (χ3n) is 11.8. The van der Waals surface area contributed by atoms with E-state index in [1.165, 1.54) is 18.1 Å². The summed E-state index contributed by atoms with van der Waals surface area (Å²) < 4.78 is 66.3. The summed E-state index contributed by atoms with van der Waals surface area (Å²) in [5.74, 6) is -6.27. The first kappa shape index (κ1) is 42.0. The molecule has 2 saturated heterocycles. The Morgan fingerprint density at radius 2 is 1.88 bits per heavy atom. The van der Waals surface area contributed by atoms with E-state index in [9.17, 15) is 36.4 Å².